The first-order valence-electron chi connectivity index (χ1n) is 7.56. The molecule has 5 heteroatoms. The van der Waals surface area contributed by atoms with Crippen LogP contribution in [0.4, 0.5) is 0 Å². The maximum atomic E-state index is 12.6. The predicted molar refractivity (Wildman–Crippen MR) is 84.0 cm³/mol. The van der Waals surface area contributed by atoms with E-state index >= 15 is 0 Å². The summed E-state index contributed by atoms with van der Waals surface area (Å²) in [5.41, 5.74) is 0.651. The van der Waals surface area contributed by atoms with Crippen molar-refractivity contribution in [1.82, 2.24) is 14.9 Å². The minimum atomic E-state index is 0.235. The Hall–Kier alpha value is -1.10. The molecule has 4 nitrogen and oxygen atoms in total. The highest BCUT2D eigenvalue weighted by Gasteiger charge is 2.50. The quantitative estimate of drug-likeness (QED) is 0.636. The SMILES string of the molecule is CC1(C)CC2CC(C)(CN2C(=O)CSc2ncccn2)C1. The Kier molecular flexibility index (Phi) is 3.72. The van der Waals surface area contributed by atoms with Gasteiger partial charge in [-0.1, -0.05) is 32.5 Å². The molecule has 2 bridgehead atoms. The molecule has 2 atom stereocenters. The molecule has 0 spiro atoms. The van der Waals surface area contributed by atoms with Crippen LogP contribution in [-0.4, -0.2) is 39.1 Å². The molecular weight excluding hydrogens is 282 g/mol. The van der Waals surface area contributed by atoms with Crippen LogP contribution in [0.15, 0.2) is 23.6 Å². The summed E-state index contributed by atoms with van der Waals surface area (Å²) in [6.07, 6.45) is 6.93. The lowest BCUT2D eigenvalue weighted by molar-refractivity contribution is -0.129. The standard InChI is InChI=1S/C16H23N3OS/c1-15(2)7-12-8-16(3,10-15)11-19(12)13(20)9-21-14-17-5-4-6-18-14/h4-6,12H,7-11H2,1-3H3. The summed E-state index contributed by atoms with van der Waals surface area (Å²) in [7, 11) is 0. The van der Waals surface area contributed by atoms with E-state index in [0.29, 0.717) is 27.8 Å². The molecule has 3 rings (SSSR count). The van der Waals surface area contributed by atoms with Crippen LogP contribution in [0.1, 0.15) is 40.0 Å². The average Bonchev–Trinajstić information content (AvgIpc) is 2.66. The molecule has 2 fully saturated rings. The van der Waals surface area contributed by atoms with Gasteiger partial charge >= 0.3 is 0 Å². The molecule has 2 unspecified atom stereocenters. The number of carbonyl (C=O) groups is 1. The van der Waals surface area contributed by atoms with Crippen LogP contribution >= 0.6 is 11.8 Å². The number of thioether (sulfide) groups is 1. The smallest absolute Gasteiger partial charge is 0.233 e. The van der Waals surface area contributed by atoms with E-state index in [2.05, 4.69) is 35.6 Å². The fourth-order valence-electron chi connectivity index (χ4n) is 4.32. The number of hydrogen-bond donors (Lipinski definition) is 0. The number of likely N-dealkylation sites (tertiary alicyclic amines) is 1. The highest BCUT2D eigenvalue weighted by atomic mass is 32.2. The van der Waals surface area contributed by atoms with Crippen LogP contribution in [0, 0.1) is 10.8 Å². The summed E-state index contributed by atoms with van der Waals surface area (Å²) in [4.78, 5) is 23.0. The first-order chi connectivity index (χ1) is 9.87. The number of nitrogens with zero attached hydrogens (tertiary/aromatic N) is 3. The second-order valence-electron chi connectivity index (χ2n) is 7.56. The first kappa shape index (κ1) is 14.8. The average molecular weight is 305 g/mol. The fourth-order valence-corrected chi connectivity index (χ4v) is 5.01. The van der Waals surface area contributed by atoms with Crippen LogP contribution < -0.4 is 0 Å². The summed E-state index contributed by atoms with van der Waals surface area (Å²) < 4.78 is 0. The van der Waals surface area contributed by atoms with E-state index in [1.54, 1.807) is 18.5 Å². The minimum Gasteiger partial charge on any atom is -0.338 e. The summed E-state index contributed by atoms with van der Waals surface area (Å²) in [5.74, 6) is 0.677. The van der Waals surface area contributed by atoms with Crippen LogP contribution in [0.2, 0.25) is 0 Å². The highest BCUT2D eigenvalue weighted by Crippen LogP contribution is 2.52. The highest BCUT2D eigenvalue weighted by molar-refractivity contribution is 7.99. The molecule has 2 aliphatic rings. The molecule has 21 heavy (non-hydrogen) atoms. The molecule has 0 aromatic carbocycles. The Morgan fingerprint density at radius 3 is 2.76 bits per heavy atom. The topological polar surface area (TPSA) is 46.1 Å². The monoisotopic (exact) mass is 305 g/mol. The van der Waals surface area contributed by atoms with Gasteiger partial charge < -0.3 is 4.90 Å². The maximum Gasteiger partial charge on any atom is 0.233 e. The minimum absolute atomic E-state index is 0.235. The normalized spacial score (nSPS) is 30.4. The third-order valence-corrected chi connectivity index (χ3v) is 5.46. The van der Waals surface area contributed by atoms with Gasteiger partial charge in [0.1, 0.15) is 0 Å². The number of fused-ring (bicyclic) bond motifs is 2. The maximum absolute atomic E-state index is 12.6. The van der Waals surface area contributed by atoms with Gasteiger partial charge in [-0.2, -0.15) is 0 Å². The summed E-state index contributed by atoms with van der Waals surface area (Å²) in [6.45, 7) is 7.91. The molecule has 0 radical (unpaired) electrons. The zero-order valence-electron chi connectivity index (χ0n) is 13.0. The first-order valence-corrected chi connectivity index (χ1v) is 8.55. The molecule has 1 aromatic rings. The molecule has 0 N–H and O–H groups in total. The molecule has 1 amide bonds. The number of amides is 1. The van der Waals surface area contributed by atoms with Crippen molar-refractivity contribution in [2.45, 2.75) is 51.2 Å². The lowest BCUT2D eigenvalue weighted by Crippen LogP contribution is -2.38. The van der Waals surface area contributed by atoms with Crippen molar-refractivity contribution in [1.29, 1.82) is 0 Å². The van der Waals surface area contributed by atoms with Crippen LogP contribution in [-0.2, 0) is 4.79 Å². The van der Waals surface area contributed by atoms with E-state index < -0.39 is 0 Å². The van der Waals surface area contributed by atoms with E-state index in [1.165, 1.54) is 18.2 Å². The molecule has 1 saturated carbocycles. The Balaban J connectivity index is 1.64. The second-order valence-corrected chi connectivity index (χ2v) is 8.50. The van der Waals surface area contributed by atoms with Gasteiger partial charge in [0, 0.05) is 25.0 Å². The molecule has 1 saturated heterocycles. The lowest BCUT2D eigenvalue weighted by atomic mass is 9.65. The molecule has 1 aliphatic carbocycles. The van der Waals surface area contributed by atoms with Crippen molar-refractivity contribution >= 4 is 17.7 Å². The van der Waals surface area contributed by atoms with Gasteiger partial charge in [0.2, 0.25) is 5.91 Å². The third-order valence-electron chi connectivity index (χ3n) is 4.60. The Morgan fingerprint density at radius 1 is 1.33 bits per heavy atom. The van der Waals surface area contributed by atoms with Gasteiger partial charge in [0.05, 0.1) is 5.75 Å². The second kappa shape index (κ2) is 5.27. The Morgan fingerprint density at radius 2 is 2.05 bits per heavy atom. The lowest BCUT2D eigenvalue weighted by Gasteiger charge is -2.39. The molecule has 1 aliphatic heterocycles. The summed E-state index contributed by atoms with van der Waals surface area (Å²) in [6, 6.07) is 2.21. The van der Waals surface area contributed by atoms with E-state index in [9.17, 15) is 4.79 Å². The van der Waals surface area contributed by atoms with Crippen molar-refractivity contribution in [3.05, 3.63) is 18.5 Å². The van der Waals surface area contributed by atoms with Crippen molar-refractivity contribution < 1.29 is 4.79 Å². The van der Waals surface area contributed by atoms with E-state index in [-0.39, 0.29) is 5.91 Å². The number of rotatable bonds is 3. The Labute approximate surface area is 130 Å². The van der Waals surface area contributed by atoms with Crippen molar-refractivity contribution in [2.24, 2.45) is 10.8 Å². The zero-order valence-corrected chi connectivity index (χ0v) is 13.8. The predicted octanol–water partition coefficient (Wildman–Crippen LogP) is 3.00. The van der Waals surface area contributed by atoms with E-state index in [4.69, 9.17) is 0 Å². The van der Waals surface area contributed by atoms with E-state index in [1.807, 2.05) is 0 Å². The number of carbonyl (C=O) groups excluding carboxylic acids is 1. The molecule has 2 heterocycles. The fraction of sp³-hybridized carbons (Fsp3) is 0.688. The van der Waals surface area contributed by atoms with Gasteiger partial charge in [-0.3, -0.25) is 4.79 Å². The van der Waals surface area contributed by atoms with Crippen LogP contribution in [0.5, 0.6) is 0 Å². The van der Waals surface area contributed by atoms with Gasteiger partial charge in [-0.15, -0.1) is 0 Å². The van der Waals surface area contributed by atoms with Gasteiger partial charge in [0.25, 0.3) is 0 Å². The van der Waals surface area contributed by atoms with Gasteiger partial charge in [0.15, 0.2) is 5.16 Å². The number of hydrogen-bond acceptors (Lipinski definition) is 4. The van der Waals surface area contributed by atoms with Crippen molar-refractivity contribution in [3.63, 3.8) is 0 Å². The third kappa shape index (κ3) is 3.23. The van der Waals surface area contributed by atoms with Crippen molar-refractivity contribution in [3.8, 4) is 0 Å². The largest absolute Gasteiger partial charge is 0.338 e. The summed E-state index contributed by atoms with van der Waals surface area (Å²) >= 11 is 1.43. The molecule has 1 aromatic heterocycles. The number of aromatic nitrogens is 2. The Bertz CT molecular complexity index is 534. The van der Waals surface area contributed by atoms with E-state index in [0.717, 1.165) is 19.4 Å². The zero-order chi connectivity index (χ0) is 15.1. The molecular formula is C16H23N3OS. The van der Waals surface area contributed by atoms with Crippen LogP contribution in [0.25, 0.3) is 0 Å². The van der Waals surface area contributed by atoms with Crippen molar-refractivity contribution in [2.75, 3.05) is 12.3 Å². The summed E-state index contributed by atoms with van der Waals surface area (Å²) in [5, 5.41) is 0.680. The van der Waals surface area contributed by atoms with Gasteiger partial charge in [-0.25, -0.2) is 9.97 Å². The molecule has 114 valence electrons. The van der Waals surface area contributed by atoms with Gasteiger partial charge in [-0.05, 0) is 36.2 Å². The van der Waals surface area contributed by atoms with Crippen LogP contribution in [0.3, 0.4) is 0 Å².